The van der Waals surface area contributed by atoms with Crippen LogP contribution in [0.3, 0.4) is 0 Å². The van der Waals surface area contributed by atoms with Crippen molar-refractivity contribution in [2.24, 2.45) is 0 Å². The predicted octanol–water partition coefficient (Wildman–Crippen LogP) is 3.84. The second-order valence-electron chi connectivity index (χ2n) is 7.55. The quantitative estimate of drug-likeness (QED) is 0.670. The van der Waals surface area contributed by atoms with Gasteiger partial charge in [0.25, 0.3) is 0 Å². The van der Waals surface area contributed by atoms with E-state index in [1.807, 2.05) is 25.1 Å². The van der Waals surface area contributed by atoms with Crippen molar-refractivity contribution in [2.45, 2.75) is 39.3 Å². The lowest BCUT2D eigenvalue weighted by molar-refractivity contribution is -0.122. The minimum atomic E-state index is -3.75. The molecule has 0 fully saturated rings. The number of amides is 1. The van der Waals surface area contributed by atoms with Crippen LogP contribution in [0.15, 0.2) is 36.4 Å². The highest BCUT2D eigenvalue weighted by Crippen LogP contribution is 2.33. The molecule has 0 radical (unpaired) electrons. The zero-order valence-corrected chi connectivity index (χ0v) is 19.6. The number of hydrogen-bond acceptors (Lipinski definition) is 5. The monoisotopic (exact) mass is 466 g/mol. The highest BCUT2D eigenvalue weighted by Gasteiger charge is 2.33. The molecule has 1 N–H and O–H groups in total. The largest absolute Gasteiger partial charge is 0.486 e. The van der Waals surface area contributed by atoms with Crippen LogP contribution in [0.25, 0.3) is 0 Å². The highest BCUT2D eigenvalue weighted by molar-refractivity contribution is 7.92. The Morgan fingerprint density at radius 2 is 1.84 bits per heavy atom. The molecule has 2 atom stereocenters. The molecule has 1 amide bonds. The Labute approximate surface area is 188 Å². The number of aryl methyl sites for hydroxylation is 1. The van der Waals surface area contributed by atoms with Crippen molar-refractivity contribution < 1.29 is 22.7 Å². The molecule has 0 spiro atoms. The summed E-state index contributed by atoms with van der Waals surface area (Å²) in [4.78, 5) is 13.2. The Bertz CT molecular complexity index is 1070. The second-order valence-corrected chi connectivity index (χ2v) is 9.84. The van der Waals surface area contributed by atoms with E-state index in [9.17, 15) is 13.2 Å². The van der Waals surface area contributed by atoms with Crippen LogP contribution in [-0.4, -0.2) is 39.8 Å². The minimum Gasteiger partial charge on any atom is -0.486 e. The average molecular weight is 467 g/mol. The third kappa shape index (κ3) is 5.25. The van der Waals surface area contributed by atoms with E-state index in [1.54, 1.807) is 32.0 Å². The highest BCUT2D eigenvalue weighted by atomic mass is 35.5. The fourth-order valence-electron chi connectivity index (χ4n) is 3.58. The van der Waals surface area contributed by atoms with Gasteiger partial charge in [-0.15, -0.1) is 0 Å². The lowest BCUT2D eigenvalue weighted by Gasteiger charge is -2.32. The lowest BCUT2D eigenvalue weighted by atomic mass is 10.1. The summed E-state index contributed by atoms with van der Waals surface area (Å²) in [6.07, 6.45) is 1.38. The maximum Gasteiger partial charge on any atom is 0.244 e. The molecule has 1 aliphatic heterocycles. The van der Waals surface area contributed by atoms with Gasteiger partial charge < -0.3 is 14.8 Å². The SMILES string of the molecule is CC[C@@H](C(=O)N[C@@H](C)c1ccc2c(c1)OCCO2)N(c1cc(Cl)ccc1C)S(C)(=O)=O. The summed E-state index contributed by atoms with van der Waals surface area (Å²) in [7, 11) is -3.75. The van der Waals surface area contributed by atoms with Crippen molar-refractivity contribution in [1.29, 1.82) is 0 Å². The summed E-state index contributed by atoms with van der Waals surface area (Å²) in [6, 6.07) is 9.19. The molecule has 0 aliphatic carbocycles. The van der Waals surface area contributed by atoms with Crippen LogP contribution in [0.2, 0.25) is 5.02 Å². The first-order valence-electron chi connectivity index (χ1n) is 10.1. The third-order valence-corrected chi connectivity index (χ3v) is 6.56. The zero-order chi connectivity index (χ0) is 22.8. The van der Waals surface area contributed by atoms with Crippen molar-refractivity contribution in [3.05, 3.63) is 52.5 Å². The number of anilines is 1. The van der Waals surface area contributed by atoms with E-state index in [0.29, 0.717) is 47.4 Å². The van der Waals surface area contributed by atoms with Crippen molar-refractivity contribution in [3.8, 4) is 11.5 Å². The van der Waals surface area contributed by atoms with E-state index >= 15 is 0 Å². The normalized spacial score (nSPS) is 15.1. The first-order valence-corrected chi connectivity index (χ1v) is 12.3. The summed E-state index contributed by atoms with van der Waals surface area (Å²) in [5.41, 5.74) is 1.93. The number of ether oxygens (including phenoxy) is 2. The Morgan fingerprint density at radius 1 is 1.16 bits per heavy atom. The van der Waals surface area contributed by atoms with E-state index in [1.165, 1.54) is 0 Å². The molecule has 0 saturated carbocycles. The Hall–Kier alpha value is -2.45. The van der Waals surface area contributed by atoms with Crippen molar-refractivity contribution in [2.75, 3.05) is 23.8 Å². The molecule has 168 valence electrons. The summed E-state index contributed by atoms with van der Waals surface area (Å²) in [5, 5.41) is 3.33. The molecule has 9 heteroatoms. The molecule has 3 rings (SSSR count). The molecular formula is C22H27ClN2O5S. The summed E-state index contributed by atoms with van der Waals surface area (Å²) in [6.45, 7) is 6.37. The Kier molecular flexibility index (Phi) is 7.01. The van der Waals surface area contributed by atoms with Gasteiger partial charge in [-0.3, -0.25) is 9.10 Å². The van der Waals surface area contributed by atoms with Crippen molar-refractivity contribution in [1.82, 2.24) is 5.32 Å². The number of nitrogens with one attached hydrogen (secondary N) is 1. The van der Waals surface area contributed by atoms with Crippen LogP contribution in [0.1, 0.15) is 37.4 Å². The number of halogens is 1. The maximum atomic E-state index is 13.2. The smallest absolute Gasteiger partial charge is 0.244 e. The molecule has 7 nitrogen and oxygen atoms in total. The van der Waals surface area contributed by atoms with Crippen molar-refractivity contribution in [3.63, 3.8) is 0 Å². The van der Waals surface area contributed by atoms with Gasteiger partial charge in [-0.2, -0.15) is 0 Å². The average Bonchev–Trinajstić information content (AvgIpc) is 2.72. The van der Waals surface area contributed by atoms with Crippen LogP contribution in [0.4, 0.5) is 5.69 Å². The topological polar surface area (TPSA) is 84.9 Å². The number of rotatable bonds is 7. The molecule has 0 aromatic heterocycles. The van der Waals surface area contributed by atoms with Gasteiger partial charge in [0.15, 0.2) is 11.5 Å². The van der Waals surface area contributed by atoms with Crippen LogP contribution >= 0.6 is 11.6 Å². The number of sulfonamides is 1. The van der Waals surface area contributed by atoms with Gasteiger partial charge >= 0.3 is 0 Å². The number of fused-ring (bicyclic) bond motifs is 1. The maximum absolute atomic E-state index is 13.2. The van der Waals surface area contributed by atoms with Crippen LogP contribution in [-0.2, 0) is 14.8 Å². The van der Waals surface area contributed by atoms with E-state index in [0.717, 1.165) is 16.1 Å². The van der Waals surface area contributed by atoms with Gasteiger partial charge in [0.1, 0.15) is 19.3 Å². The third-order valence-electron chi connectivity index (χ3n) is 5.16. The van der Waals surface area contributed by atoms with Crippen LogP contribution in [0, 0.1) is 6.92 Å². The van der Waals surface area contributed by atoms with E-state index in [2.05, 4.69) is 5.32 Å². The molecule has 1 heterocycles. The summed E-state index contributed by atoms with van der Waals surface area (Å²) in [5.74, 6) is 0.901. The fourth-order valence-corrected chi connectivity index (χ4v) is 5.00. The molecule has 0 unspecified atom stereocenters. The Balaban J connectivity index is 1.87. The van der Waals surface area contributed by atoms with E-state index < -0.39 is 22.0 Å². The molecule has 2 aromatic rings. The van der Waals surface area contributed by atoms with E-state index in [4.69, 9.17) is 21.1 Å². The van der Waals surface area contributed by atoms with Crippen LogP contribution in [0.5, 0.6) is 11.5 Å². The molecule has 2 aromatic carbocycles. The predicted molar refractivity (Wildman–Crippen MR) is 122 cm³/mol. The fraction of sp³-hybridized carbons (Fsp3) is 0.409. The molecule has 0 bridgehead atoms. The molecule has 31 heavy (non-hydrogen) atoms. The number of benzene rings is 2. The standard InChI is InChI=1S/C22H27ClN2O5S/c1-5-18(25(31(4,27)28)19-13-17(23)8-6-14(19)2)22(26)24-15(3)16-7-9-20-21(12-16)30-11-10-29-20/h6-9,12-13,15,18H,5,10-11H2,1-4H3,(H,24,26)/t15-,18-/m0/s1. The molecule has 1 aliphatic rings. The number of carbonyl (C=O) groups is 1. The number of nitrogens with zero attached hydrogens (tertiary/aromatic N) is 1. The summed E-state index contributed by atoms with van der Waals surface area (Å²) < 4.78 is 37.7. The Morgan fingerprint density at radius 3 is 2.48 bits per heavy atom. The summed E-state index contributed by atoms with van der Waals surface area (Å²) >= 11 is 6.12. The van der Waals surface area contributed by atoms with Gasteiger partial charge in [0, 0.05) is 5.02 Å². The minimum absolute atomic E-state index is 0.290. The van der Waals surface area contributed by atoms with Gasteiger partial charge in [-0.25, -0.2) is 8.42 Å². The number of hydrogen-bond donors (Lipinski definition) is 1. The molecule has 0 saturated heterocycles. The van der Waals surface area contributed by atoms with Gasteiger partial charge in [0.2, 0.25) is 15.9 Å². The zero-order valence-electron chi connectivity index (χ0n) is 18.0. The number of carbonyl (C=O) groups excluding carboxylic acids is 1. The van der Waals surface area contributed by atoms with Crippen molar-refractivity contribution >= 4 is 33.2 Å². The van der Waals surface area contributed by atoms with Gasteiger partial charge in [0.05, 0.1) is 18.0 Å². The van der Waals surface area contributed by atoms with Gasteiger partial charge in [-0.1, -0.05) is 30.7 Å². The lowest BCUT2D eigenvalue weighted by Crippen LogP contribution is -2.50. The molecular weight excluding hydrogens is 440 g/mol. The van der Waals surface area contributed by atoms with Crippen LogP contribution < -0.4 is 19.1 Å². The van der Waals surface area contributed by atoms with Gasteiger partial charge in [-0.05, 0) is 55.7 Å². The van der Waals surface area contributed by atoms with E-state index in [-0.39, 0.29) is 6.04 Å². The first kappa shape index (κ1) is 23.2. The second kappa shape index (κ2) is 9.36. The first-order chi connectivity index (χ1) is 14.6.